The number of halogens is 2. The molecular formula is C23H31F2NO. The summed E-state index contributed by atoms with van der Waals surface area (Å²) < 4.78 is 28.6. The van der Waals surface area contributed by atoms with Crippen molar-refractivity contribution in [1.82, 2.24) is 5.06 Å². The van der Waals surface area contributed by atoms with Crippen molar-refractivity contribution < 1.29 is 13.6 Å². The maximum Gasteiger partial charge on any atom is 0.129 e. The number of hydrogen-bond acceptors (Lipinski definition) is 2. The summed E-state index contributed by atoms with van der Waals surface area (Å²) in [7, 11) is 1.66. The fraction of sp³-hybridized carbons (Fsp3) is 0.478. The Morgan fingerprint density at radius 1 is 0.963 bits per heavy atom. The summed E-state index contributed by atoms with van der Waals surface area (Å²) >= 11 is 0. The molecular weight excluding hydrogens is 344 g/mol. The standard InChI is InChI=1S/C23H31F2NO/c1-5-6-7-14-26(27-4)16-19(23-17(2)10-8-11-18(23)3)15-20-21(24)12-9-13-22(20)25/h8-13,19H,5-7,14-16H2,1-4H3. The minimum Gasteiger partial charge on any atom is -0.302 e. The van der Waals surface area contributed by atoms with E-state index in [0.717, 1.165) is 42.5 Å². The quantitative estimate of drug-likeness (QED) is 0.375. The monoisotopic (exact) mass is 375 g/mol. The van der Waals surface area contributed by atoms with Crippen molar-refractivity contribution in [2.75, 3.05) is 20.2 Å². The molecule has 0 heterocycles. The van der Waals surface area contributed by atoms with Crippen LogP contribution in [0.1, 0.15) is 54.4 Å². The van der Waals surface area contributed by atoms with Crippen LogP contribution in [0.15, 0.2) is 36.4 Å². The Morgan fingerprint density at radius 3 is 2.11 bits per heavy atom. The van der Waals surface area contributed by atoms with E-state index < -0.39 is 11.6 Å². The molecule has 1 atom stereocenters. The van der Waals surface area contributed by atoms with E-state index in [0.29, 0.717) is 13.0 Å². The highest BCUT2D eigenvalue weighted by Gasteiger charge is 2.23. The first-order valence-electron chi connectivity index (χ1n) is 9.76. The first kappa shape index (κ1) is 21.5. The van der Waals surface area contributed by atoms with E-state index in [-0.39, 0.29) is 11.5 Å². The van der Waals surface area contributed by atoms with Crippen molar-refractivity contribution in [1.29, 1.82) is 0 Å². The van der Waals surface area contributed by atoms with Crippen LogP contribution in [-0.4, -0.2) is 25.3 Å². The first-order chi connectivity index (χ1) is 13.0. The lowest BCUT2D eigenvalue weighted by molar-refractivity contribution is -0.135. The molecule has 2 aromatic carbocycles. The van der Waals surface area contributed by atoms with Gasteiger partial charge in [0.15, 0.2) is 0 Å². The molecule has 0 radical (unpaired) electrons. The highest BCUT2D eigenvalue weighted by molar-refractivity contribution is 5.38. The van der Waals surface area contributed by atoms with Crippen molar-refractivity contribution in [2.24, 2.45) is 0 Å². The molecule has 148 valence electrons. The summed E-state index contributed by atoms with van der Waals surface area (Å²) in [4.78, 5) is 5.57. The third-order valence-corrected chi connectivity index (χ3v) is 5.16. The molecule has 0 amide bonds. The molecule has 0 spiro atoms. The zero-order chi connectivity index (χ0) is 19.8. The zero-order valence-corrected chi connectivity index (χ0v) is 16.9. The normalized spacial score (nSPS) is 12.6. The summed E-state index contributed by atoms with van der Waals surface area (Å²) in [6.07, 6.45) is 3.61. The summed E-state index contributed by atoms with van der Waals surface area (Å²) in [5.74, 6) is -1.03. The topological polar surface area (TPSA) is 12.5 Å². The Morgan fingerprint density at radius 2 is 1.56 bits per heavy atom. The van der Waals surface area contributed by atoms with Gasteiger partial charge in [-0.2, -0.15) is 5.06 Å². The number of hydrogen-bond donors (Lipinski definition) is 0. The highest BCUT2D eigenvalue weighted by atomic mass is 19.1. The Balaban J connectivity index is 2.33. The van der Waals surface area contributed by atoms with Gasteiger partial charge in [-0.05, 0) is 55.5 Å². The molecule has 0 aliphatic heterocycles. The van der Waals surface area contributed by atoms with E-state index in [1.54, 1.807) is 7.11 Å². The molecule has 0 saturated carbocycles. The van der Waals surface area contributed by atoms with Gasteiger partial charge in [0.05, 0.1) is 7.11 Å². The molecule has 2 rings (SSSR count). The SMILES string of the molecule is CCCCCN(CC(Cc1c(F)cccc1F)c1c(C)cccc1C)OC. The maximum absolute atomic E-state index is 14.3. The van der Waals surface area contributed by atoms with Gasteiger partial charge in [0.2, 0.25) is 0 Å². The largest absolute Gasteiger partial charge is 0.302 e. The van der Waals surface area contributed by atoms with Crippen molar-refractivity contribution in [3.8, 4) is 0 Å². The smallest absolute Gasteiger partial charge is 0.129 e. The van der Waals surface area contributed by atoms with Gasteiger partial charge in [-0.15, -0.1) is 0 Å². The van der Waals surface area contributed by atoms with Gasteiger partial charge in [-0.1, -0.05) is 44.0 Å². The molecule has 0 bridgehead atoms. The Labute approximate surface area is 162 Å². The molecule has 2 nitrogen and oxygen atoms in total. The third-order valence-electron chi connectivity index (χ3n) is 5.16. The Bertz CT molecular complexity index is 692. The molecule has 0 fully saturated rings. The van der Waals surface area contributed by atoms with Crippen LogP contribution in [-0.2, 0) is 11.3 Å². The number of nitrogens with zero attached hydrogens (tertiary/aromatic N) is 1. The van der Waals surface area contributed by atoms with Crippen LogP contribution in [0.4, 0.5) is 8.78 Å². The third kappa shape index (κ3) is 5.85. The second-order valence-corrected chi connectivity index (χ2v) is 7.18. The second-order valence-electron chi connectivity index (χ2n) is 7.18. The lowest BCUT2D eigenvalue weighted by Crippen LogP contribution is -2.30. The van der Waals surface area contributed by atoms with Crippen LogP contribution < -0.4 is 0 Å². The van der Waals surface area contributed by atoms with E-state index in [1.165, 1.54) is 18.2 Å². The van der Waals surface area contributed by atoms with Crippen molar-refractivity contribution in [3.05, 3.63) is 70.3 Å². The van der Waals surface area contributed by atoms with E-state index in [2.05, 4.69) is 32.9 Å². The molecule has 2 aromatic rings. The molecule has 0 aliphatic rings. The van der Waals surface area contributed by atoms with Gasteiger partial charge in [0.25, 0.3) is 0 Å². The van der Waals surface area contributed by atoms with Gasteiger partial charge >= 0.3 is 0 Å². The van der Waals surface area contributed by atoms with Gasteiger partial charge < -0.3 is 4.84 Å². The van der Waals surface area contributed by atoms with Gasteiger partial charge in [0, 0.05) is 24.6 Å². The maximum atomic E-state index is 14.3. The lowest BCUT2D eigenvalue weighted by atomic mass is 9.85. The van der Waals surface area contributed by atoms with Crippen molar-refractivity contribution in [2.45, 2.75) is 52.4 Å². The average Bonchev–Trinajstić information content (AvgIpc) is 2.63. The van der Waals surface area contributed by atoms with E-state index >= 15 is 0 Å². The number of hydroxylamine groups is 2. The number of aryl methyl sites for hydroxylation is 2. The molecule has 27 heavy (non-hydrogen) atoms. The molecule has 4 heteroatoms. The second kappa shape index (κ2) is 10.5. The lowest BCUT2D eigenvalue weighted by Gasteiger charge is -2.28. The molecule has 0 aliphatic carbocycles. The van der Waals surface area contributed by atoms with Crippen LogP contribution in [0.3, 0.4) is 0 Å². The summed E-state index contributed by atoms with van der Waals surface area (Å²) in [6.45, 7) is 7.69. The van der Waals surface area contributed by atoms with Gasteiger partial charge in [-0.25, -0.2) is 8.78 Å². The average molecular weight is 376 g/mol. The first-order valence-corrected chi connectivity index (χ1v) is 9.76. The summed E-state index contributed by atoms with van der Waals surface area (Å²) in [5, 5.41) is 1.92. The number of rotatable bonds is 10. The van der Waals surface area contributed by atoms with E-state index in [4.69, 9.17) is 4.84 Å². The zero-order valence-electron chi connectivity index (χ0n) is 16.9. The Hall–Kier alpha value is -1.78. The molecule has 0 N–H and O–H groups in total. The Kier molecular flexibility index (Phi) is 8.39. The van der Waals surface area contributed by atoms with Crippen molar-refractivity contribution >= 4 is 0 Å². The van der Waals surface area contributed by atoms with E-state index in [1.807, 2.05) is 11.1 Å². The van der Waals surface area contributed by atoms with Crippen LogP contribution in [0.5, 0.6) is 0 Å². The summed E-state index contributed by atoms with van der Waals surface area (Å²) in [5.41, 5.74) is 3.58. The van der Waals surface area contributed by atoms with Crippen LogP contribution in [0, 0.1) is 25.5 Å². The fourth-order valence-corrected chi connectivity index (χ4v) is 3.74. The molecule has 0 saturated heterocycles. The summed E-state index contributed by atoms with van der Waals surface area (Å²) in [6, 6.07) is 10.2. The van der Waals surface area contributed by atoms with E-state index in [9.17, 15) is 8.78 Å². The van der Waals surface area contributed by atoms with Crippen molar-refractivity contribution in [3.63, 3.8) is 0 Å². The predicted octanol–water partition coefficient (Wildman–Crippen LogP) is 5.96. The van der Waals surface area contributed by atoms with Gasteiger partial charge in [-0.3, -0.25) is 0 Å². The molecule has 0 aromatic heterocycles. The van der Waals surface area contributed by atoms with Crippen LogP contribution in [0.25, 0.3) is 0 Å². The van der Waals surface area contributed by atoms with Crippen LogP contribution >= 0.6 is 0 Å². The highest BCUT2D eigenvalue weighted by Crippen LogP contribution is 2.30. The van der Waals surface area contributed by atoms with Crippen LogP contribution in [0.2, 0.25) is 0 Å². The minimum absolute atomic E-state index is 0.0563. The predicted molar refractivity (Wildman–Crippen MR) is 107 cm³/mol. The number of benzene rings is 2. The minimum atomic E-state index is -0.485. The molecule has 1 unspecified atom stereocenters. The van der Waals surface area contributed by atoms with Gasteiger partial charge in [0.1, 0.15) is 11.6 Å². The number of unbranched alkanes of at least 4 members (excludes halogenated alkanes) is 2. The fourth-order valence-electron chi connectivity index (χ4n) is 3.74.